The van der Waals surface area contributed by atoms with Crippen molar-refractivity contribution in [1.82, 2.24) is 14.4 Å². The number of carbonyl (C=O) groups is 2. The van der Waals surface area contributed by atoms with E-state index in [1.165, 1.54) is 0 Å². The van der Waals surface area contributed by atoms with Gasteiger partial charge in [0, 0.05) is 35.5 Å². The first-order valence-electron chi connectivity index (χ1n) is 10.9. The molecule has 2 amide bonds. The van der Waals surface area contributed by atoms with Crippen molar-refractivity contribution >= 4 is 35.0 Å². The molecule has 7 heteroatoms. The molecule has 0 saturated heterocycles. The van der Waals surface area contributed by atoms with Crippen LogP contribution in [0.5, 0.6) is 0 Å². The summed E-state index contributed by atoms with van der Waals surface area (Å²) in [4.78, 5) is 30.6. The van der Waals surface area contributed by atoms with E-state index in [0.717, 1.165) is 11.3 Å². The third kappa shape index (κ3) is 4.66. The van der Waals surface area contributed by atoms with Gasteiger partial charge in [-0.15, -0.1) is 0 Å². The zero-order valence-electron chi connectivity index (χ0n) is 19.0. The van der Waals surface area contributed by atoms with Crippen molar-refractivity contribution in [1.29, 1.82) is 0 Å². The average Bonchev–Trinajstić information content (AvgIpc) is 3.25. The topological polar surface area (TPSA) is 45.6 Å². The van der Waals surface area contributed by atoms with Crippen LogP contribution >= 0.6 is 23.2 Å². The van der Waals surface area contributed by atoms with Gasteiger partial charge in [0.2, 0.25) is 5.91 Å². The highest BCUT2D eigenvalue weighted by atomic mass is 35.5. The first-order chi connectivity index (χ1) is 15.7. The number of aromatic nitrogens is 1. The van der Waals surface area contributed by atoms with Crippen molar-refractivity contribution in [2.75, 3.05) is 13.1 Å². The zero-order chi connectivity index (χ0) is 23.8. The second-order valence-electron chi connectivity index (χ2n) is 9.18. The van der Waals surface area contributed by atoms with Crippen LogP contribution < -0.4 is 0 Å². The lowest BCUT2D eigenvalue weighted by atomic mass is 9.99. The Labute approximate surface area is 204 Å². The number of fused-ring (bicyclic) bond motifs is 1. The first-order valence-corrected chi connectivity index (χ1v) is 11.7. The summed E-state index contributed by atoms with van der Waals surface area (Å²) < 4.78 is 2.15. The number of benzene rings is 2. The van der Waals surface area contributed by atoms with Crippen LogP contribution in [0.3, 0.4) is 0 Å². The predicted octanol–water partition coefficient (Wildman–Crippen LogP) is 5.67. The zero-order valence-corrected chi connectivity index (χ0v) is 20.5. The monoisotopic (exact) mass is 483 g/mol. The van der Waals surface area contributed by atoms with Gasteiger partial charge >= 0.3 is 0 Å². The summed E-state index contributed by atoms with van der Waals surface area (Å²) in [7, 11) is 0. The molecule has 0 unspecified atom stereocenters. The van der Waals surface area contributed by atoms with Crippen LogP contribution in [0, 0.1) is 0 Å². The van der Waals surface area contributed by atoms with Gasteiger partial charge in [0.05, 0.1) is 16.6 Å². The quantitative estimate of drug-likeness (QED) is 0.479. The minimum absolute atomic E-state index is 0.0603. The Morgan fingerprint density at radius 1 is 0.939 bits per heavy atom. The van der Waals surface area contributed by atoms with E-state index in [0.29, 0.717) is 28.7 Å². The molecule has 1 aromatic heterocycles. The molecule has 0 fully saturated rings. The van der Waals surface area contributed by atoms with Gasteiger partial charge in [0.15, 0.2) is 0 Å². The molecule has 0 N–H and O–H groups in total. The van der Waals surface area contributed by atoms with E-state index in [9.17, 15) is 9.59 Å². The minimum atomic E-state index is -0.582. The van der Waals surface area contributed by atoms with E-state index in [-0.39, 0.29) is 24.4 Å². The molecule has 0 aliphatic carbocycles. The van der Waals surface area contributed by atoms with Crippen LogP contribution in [0.1, 0.15) is 48.4 Å². The van der Waals surface area contributed by atoms with E-state index >= 15 is 0 Å². The summed E-state index contributed by atoms with van der Waals surface area (Å²) in [5, 5.41) is 0.976. The minimum Gasteiger partial charge on any atom is -0.348 e. The van der Waals surface area contributed by atoms with Crippen LogP contribution in [-0.2, 0) is 11.3 Å². The van der Waals surface area contributed by atoms with Crippen LogP contribution in [0.2, 0.25) is 10.0 Å². The summed E-state index contributed by atoms with van der Waals surface area (Å²) in [6.45, 7) is 6.90. The number of halogens is 2. The third-order valence-electron chi connectivity index (χ3n) is 6.01. The van der Waals surface area contributed by atoms with Crippen LogP contribution in [0.4, 0.5) is 0 Å². The molecule has 0 bridgehead atoms. The van der Waals surface area contributed by atoms with Crippen molar-refractivity contribution in [3.05, 3.63) is 93.7 Å². The fraction of sp³-hybridized carbons (Fsp3) is 0.308. The summed E-state index contributed by atoms with van der Waals surface area (Å²) in [5.74, 6) is -0.404. The number of hydrogen-bond donors (Lipinski definition) is 0. The molecule has 1 atom stereocenters. The predicted molar refractivity (Wildman–Crippen MR) is 132 cm³/mol. The van der Waals surface area contributed by atoms with E-state index < -0.39 is 5.54 Å². The number of carbonyl (C=O) groups excluding carboxylic acids is 2. The molecular weight excluding hydrogens is 457 g/mol. The maximum Gasteiger partial charge on any atom is 0.256 e. The number of amides is 2. The normalized spacial score (nSPS) is 15.8. The van der Waals surface area contributed by atoms with E-state index in [2.05, 4.69) is 4.57 Å². The number of hydrogen-bond acceptors (Lipinski definition) is 2. The van der Waals surface area contributed by atoms with Crippen molar-refractivity contribution < 1.29 is 9.59 Å². The lowest BCUT2D eigenvalue weighted by molar-refractivity contribution is -0.135. The largest absolute Gasteiger partial charge is 0.348 e. The number of rotatable bonds is 4. The fourth-order valence-electron chi connectivity index (χ4n) is 4.30. The molecule has 2 heterocycles. The van der Waals surface area contributed by atoms with Crippen molar-refractivity contribution in [2.45, 2.75) is 38.9 Å². The molecule has 33 heavy (non-hydrogen) atoms. The van der Waals surface area contributed by atoms with E-state index in [1.807, 2.05) is 68.3 Å². The Balaban J connectivity index is 1.68. The SMILES string of the molecule is CC(C)(C)N(CC(=O)N1CCn2cccc2[C@@H]1c1ccccc1Cl)C(=O)c1ccccc1Cl. The highest BCUT2D eigenvalue weighted by molar-refractivity contribution is 6.33. The van der Waals surface area contributed by atoms with Gasteiger partial charge in [-0.3, -0.25) is 9.59 Å². The van der Waals surface area contributed by atoms with Gasteiger partial charge in [-0.1, -0.05) is 53.5 Å². The van der Waals surface area contributed by atoms with Crippen LogP contribution in [0.25, 0.3) is 0 Å². The second kappa shape index (κ2) is 9.24. The molecule has 4 rings (SSSR count). The number of nitrogens with zero attached hydrogens (tertiary/aromatic N) is 3. The molecule has 0 radical (unpaired) electrons. The Hall–Kier alpha value is -2.76. The average molecular weight is 484 g/mol. The molecule has 172 valence electrons. The smallest absolute Gasteiger partial charge is 0.256 e. The van der Waals surface area contributed by atoms with Crippen LogP contribution in [-0.4, -0.2) is 44.8 Å². The van der Waals surface area contributed by atoms with E-state index in [4.69, 9.17) is 23.2 Å². The Kier molecular flexibility index (Phi) is 6.55. The first kappa shape index (κ1) is 23.4. The molecule has 2 aromatic carbocycles. The van der Waals surface area contributed by atoms with Gasteiger partial charge < -0.3 is 14.4 Å². The second-order valence-corrected chi connectivity index (χ2v) is 9.99. The Morgan fingerprint density at radius 2 is 1.61 bits per heavy atom. The van der Waals surface area contributed by atoms with Crippen LogP contribution in [0.15, 0.2) is 66.9 Å². The lowest BCUT2D eigenvalue weighted by Crippen LogP contribution is -2.53. The van der Waals surface area contributed by atoms with Gasteiger partial charge in [0.25, 0.3) is 5.91 Å². The van der Waals surface area contributed by atoms with E-state index in [1.54, 1.807) is 29.2 Å². The van der Waals surface area contributed by atoms with Gasteiger partial charge in [-0.05, 0) is 56.7 Å². The molecule has 0 spiro atoms. The standard InChI is InChI=1S/C26H27Cl2N3O2/c1-26(2,3)31(25(33)19-10-5-7-12-21(19)28)17-23(32)30-16-15-29-14-8-13-22(29)24(30)18-9-4-6-11-20(18)27/h4-14,24H,15-17H2,1-3H3/t24-/m0/s1. The summed E-state index contributed by atoms with van der Waals surface area (Å²) in [6.07, 6.45) is 2.02. The van der Waals surface area contributed by atoms with Crippen molar-refractivity contribution in [3.8, 4) is 0 Å². The van der Waals surface area contributed by atoms with Crippen molar-refractivity contribution in [3.63, 3.8) is 0 Å². The molecule has 5 nitrogen and oxygen atoms in total. The molecule has 1 aliphatic heterocycles. The van der Waals surface area contributed by atoms with Gasteiger partial charge in [-0.25, -0.2) is 0 Å². The Morgan fingerprint density at radius 3 is 2.27 bits per heavy atom. The fourth-order valence-corrected chi connectivity index (χ4v) is 4.75. The lowest BCUT2D eigenvalue weighted by Gasteiger charge is -2.41. The van der Waals surface area contributed by atoms with Gasteiger partial charge in [-0.2, -0.15) is 0 Å². The maximum absolute atomic E-state index is 13.7. The molecule has 1 aliphatic rings. The summed E-state index contributed by atoms with van der Waals surface area (Å²) >= 11 is 12.9. The van der Waals surface area contributed by atoms with Gasteiger partial charge in [0.1, 0.15) is 6.54 Å². The summed E-state index contributed by atoms with van der Waals surface area (Å²) in [6, 6.07) is 18.2. The molecule has 0 saturated carbocycles. The maximum atomic E-state index is 13.7. The van der Waals surface area contributed by atoms with Crippen molar-refractivity contribution in [2.24, 2.45) is 0 Å². The third-order valence-corrected chi connectivity index (χ3v) is 6.68. The highest BCUT2D eigenvalue weighted by Gasteiger charge is 2.37. The highest BCUT2D eigenvalue weighted by Crippen LogP contribution is 2.36. The summed E-state index contributed by atoms with van der Waals surface area (Å²) in [5.41, 5.74) is 1.67. The Bertz CT molecular complexity index is 1180. The molecular formula is C26H27Cl2N3O2. The molecule has 3 aromatic rings.